The van der Waals surface area contributed by atoms with Crippen molar-refractivity contribution < 1.29 is 14.3 Å². The van der Waals surface area contributed by atoms with Crippen LogP contribution in [0, 0.1) is 0 Å². The van der Waals surface area contributed by atoms with Crippen LogP contribution in [0.5, 0.6) is 0 Å². The van der Waals surface area contributed by atoms with E-state index < -0.39 is 5.97 Å². The molecule has 0 aliphatic rings. The van der Waals surface area contributed by atoms with E-state index in [1.807, 2.05) is 60.7 Å². The summed E-state index contributed by atoms with van der Waals surface area (Å²) in [6.45, 7) is 0.438. The number of amides is 1. The molecular formula is C22H20N2O3. The summed E-state index contributed by atoms with van der Waals surface area (Å²) >= 11 is 0. The van der Waals surface area contributed by atoms with Crippen LogP contribution in [-0.4, -0.2) is 30.5 Å². The fourth-order valence-electron chi connectivity index (χ4n) is 2.85. The number of nitrogens with one attached hydrogen (secondary N) is 1. The molecule has 136 valence electrons. The van der Waals surface area contributed by atoms with Crippen LogP contribution in [0.15, 0.2) is 79.0 Å². The van der Waals surface area contributed by atoms with Crippen molar-refractivity contribution >= 4 is 11.9 Å². The topological polar surface area (TPSA) is 68.3 Å². The minimum Gasteiger partial charge on any atom is -0.465 e. The lowest BCUT2D eigenvalue weighted by Crippen LogP contribution is -2.29. The number of carbonyl (C=O) groups is 2. The second-order valence-electron chi connectivity index (χ2n) is 6.01. The molecule has 1 aromatic heterocycles. The van der Waals surface area contributed by atoms with Gasteiger partial charge in [-0.05, 0) is 23.3 Å². The Morgan fingerprint density at radius 2 is 1.52 bits per heavy atom. The van der Waals surface area contributed by atoms with Crippen LogP contribution < -0.4 is 5.32 Å². The minimum absolute atomic E-state index is 0.0330. The van der Waals surface area contributed by atoms with Crippen LogP contribution in [0.3, 0.4) is 0 Å². The molecule has 0 spiro atoms. The normalized spacial score (nSPS) is 10.4. The van der Waals surface area contributed by atoms with E-state index in [0.717, 1.165) is 11.1 Å². The number of benzene rings is 2. The molecule has 0 aliphatic carbocycles. The van der Waals surface area contributed by atoms with E-state index in [2.05, 4.69) is 15.0 Å². The zero-order valence-corrected chi connectivity index (χ0v) is 15.0. The van der Waals surface area contributed by atoms with Crippen LogP contribution in [0.2, 0.25) is 0 Å². The molecule has 0 bridgehead atoms. The molecule has 1 N–H and O–H groups in total. The van der Waals surface area contributed by atoms with Crippen LogP contribution in [0.25, 0.3) is 0 Å². The first-order valence-corrected chi connectivity index (χ1v) is 8.61. The van der Waals surface area contributed by atoms with E-state index >= 15 is 0 Å². The molecule has 0 saturated heterocycles. The molecule has 0 radical (unpaired) electrons. The van der Waals surface area contributed by atoms with Crippen molar-refractivity contribution in [3.63, 3.8) is 0 Å². The van der Waals surface area contributed by atoms with Gasteiger partial charge in [0.25, 0.3) is 5.91 Å². The zero-order valence-electron chi connectivity index (χ0n) is 15.0. The van der Waals surface area contributed by atoms with E-state index in [9.17, 15) is 9.59 Å². The largest absolute Gasteiger partial charge is 0.465 e. The average molecular weight is 360 g/mol. The summed E-state index contributed by atoms with van der Waals surface area (Å²) in [5.41, 5.74) is 2.80. The highest BCUT2D eigenvalue weighted by atomic mass is 16.5. The fraction of sp³-hybridized carbons (Fsp3) is 0.136. The molecular weight excluding hydrogens is 340 g/mol. The first kappa shape index (κ1) is 18.3. The van der Waals surface area contributed by atoms with Crippen LogP contribution in [-0.2, 0) is 4.74 Å². The Labute approximate surface area is 158 Å². The molecule has 0 unspecified atom stereocenters. The number of rotatable bonds is 6. The van der Waals surface area contributed by atoms with Gasteiger partial charge in [-0.1, -0.05) is 60.7 Å². The third-order valence-electron chi connectivity index (χ3n) is 4.29. The highest BCUT2D eigenvalue weighted by Crippen LogP contribution is 2.23. The summed E-state index contributed by atoms with van der Waals surface area (Å²) in [5, 5.41) is 2.94. The van der Waals surface area contributed by atoms with E-state index in [1.54, 1.807) is 0 Å². The Hall–Kier alpha value is -3.47. The minimum atomic E-state index is -0.484. The van der Waals surface area contributed by atoms with Crippen molar-refractivity contribution in [2.24, 2.45) is 0 Å². The molecule has 0 fully saturated rings. The van der Waals surface area contributed by atoms with Gasteiger partial charge in [-0.2, -0.15) is 0 Å². The molecule has 0 aliphatic heterocycles. The smallest absolute Gasteiger partial charge is 0.339 e. The van der Waals surface area contributed by atoms with Crippen molar-refractivity contribution in [1.82, 2.24) is 10.3 Å². The standard InChI is InChI=1S/C22H20N2O3/c1-27-22(26)18-12-13-20(23-14-18)21(25)24-15-19(16-8-4-2-5-9-16)17-10-6-3-7-11-17/h2-14,19H,15H2,1H3,(H,24,25). The summed E-state index contributed by atoms with van der Waals surface area (Å²) < 4.78 is 4.63. The molecule has 27 heavy (non-hydrogen) atoms. The number of nitrogens with zero attached hydrogens (tertiary/aromatic N) is 1. The molecule has 2 aromatic carbocycles. The molecule has 5 nitrogen and oxygen atoms in total. The van der Waals surface area contributed by atoms with E-state index in [4.69, 9.17) is 0 Å². The number of pyridine rings is 1. The van der Waals surface area contributed by atoms with Crippen LogP contribution in [0.1, 0.15) is 37.9 Å². The number of methoxy groups -OCH3 is 1. The van der Waals surface area contributed by atoms with Crippen molar-refractivity contribution in [2.45, 2.75) is 5.92 Å². The average Bonchev–Trinajstić information content (AvgIpc) is 2.75. The molecule has 0 saturated carbocycles. The quantitative estimate of drug-likeness (QED) is 0.684. The van der Waals surface area contributed by atoms with E-state index in [-0.39, 0.29) is 17.5 Å². The number of carbonyl (C=O) groups excluding carboxylic acids is 2. The van der Waals surface area contributed by atoms with E-state index in [0.29, 0.717) is 12.1 Å². The number of esters is 1. The summed E-state index contributed by atoms with van der Waals surface area (Å²) in [4.78, 5) is 28.0. The van der Waals surface area contributed by atoms with Gasteiger partial charge in [0.15, 0.2) is 0 Å². The number of hydrogen-bond donors (Lipinski definition) is 1. The van der Waals surface area contributed by atoms with Gasteiger partial charge in [0.1, 0.15) is 5.69 Å². The van der Waals surface area contributed by atoms with Crippen molar-refractivity contribution in [3.8, 4) is 0 Å². The Morgan fingerprint density at radius 1 is 0.926 bits per heavy atom. The SMILES string of the molecule is COC(=O)c1ccc(C(=O)NCC(c2ccccc2)c2ccccc2)nc1. The number of ether oxygens (including phenoxy) is 1. The van der Waals surface area contributed by atoms with Gasteiger partial charge in [-0.15, -0.1) is 0 Å². The Kier molecular flexibility index (Phi) is 5.94. The first-order valence-electron chi connectivity index (χ1n) is 8.61. The molecule has 1 amide bonds. The monoisotopic (exact) mass is 360 g/mol. The summed E-state index contributed by atoms with van der Waals surface area (Å²) in [6, 6.07) is 23.1. The fourth-order valence-corrected chi connectivity index (χ4v) is 2.85. The van der Waals surface area contributed by atoms with Gasteiger partial charge < -0.3 is 10.1 Å². The molecule has 0 atom stereocenters. The van der Waals surface area contributed by atoms with Gasteiger partial charge in [-0.3, -0.25) is 9.78 Å². The summed E-state index contributed by atoms with van der Waals surface area (Å²) in [7, 11) is 1.30. The number of aromatic nitrogens is 1. The predicted molar refractivity (Wildman–Crippen MR) is 103 cm³/mol. The van der Waals surface area contributed by atoms with Crippen LogP contribution in [0.4, 0.5) is 0 Å². The van der Waals surface area contributed by atoms with Crippen molar-refractivity contribution in [2.75, 3.05) is 13.7 Å². The van der Waals surface area contributed by atoms with Gasteiger partial charge in [0.05, 0.1) is 12.7 Å². The Morgan fingerprint density at radius 3 is 2.00 bits per heavy atom. The highest BCUT2D eigenvalue weighted by molar-refractivity contribution is 5.94. The maximum absolute atomic E-state index is 12.5. The highest BCUT2D eigenvalue weighted by Gasteiger charge is 2.16. The molecule has 5 heteroatoms. The lowest BCUT2D eigenvalue weighted by atomic mass is 9.91. The second-order valence-corrected chi connectivity index (χ2v) is 6.01. The van der Waals surface area contributed by atoms with Gasteiger partial charge in [-0.25, -0.2) is 4.79 Å². The van der Waals surface area contributed by atoms with E-state index in [1.165, 1.54) is 25.4 Å². The Balaban J connectivity index is 1.73. The lowest BCUT2D eigenvalue weighted by molar-refractivity contribution is 0.0599. The maximum Gasteiger partial charge on any atom is 0.339 e. The first-order chi connectivity index (χ1) is 13.2. The van der Waals surface area contributed by atoms with Crippen LogP contribution >= 0.6 is 0 Å². The second kappa shape index (κ2) is 8.76. The third kappa shape index (κ3) is 4.58. The zero-order chi connectivity index (χ0) is 19.1. The van der Waals surface area contributed by atoms with Gasteiger partial charge in [0, 0.05) is 18.7 Å². The third-order valence-corrected chi connectivity index (χ3v) is 4.29. The van der Waals surface area contributed by atoms with Crippen molar-refractivity contribution in [3.05, 3.63) is 101 Å². The van der Waals surface area contributed by atoms with Gasteiger partial charge in [0.2, 0.25) is 0 Å². The summed E-state index contributed by atoms with van der Waals surface area (Å²) in [6.07, 6.45) is 1.34. The van der Waals surface area contributed by atoms with Crippen molar-refractivity contribution in [1.29, 1.82) is 0 Å². The van der Waals surface area contributed by atoms with Gasteiger partial charge >= 0.3 is 5.97 Å². The number of hydrogen-bond acceptors (Lipinski definition) is 4. The summed E-state index contributed by atoms with van der Waals surface area (Å²) in [5.74, 6) is -0.739. The lowest BCUT2D eigenvalue weighted by Gasteiger charge is -2.18. The predicted octanol–water partition coefficient (Wildman–Crippen LogP) is 3.43. The molecule has 3 rings (SSSR count). The Bertz CT molecular complexity index is 854. The maximum atomic E-state index is 12.5. The molecule has 1 heterocycles. The molecule has 3 aromatic rings.